The Morgan fingerprint density at radius 2 is 1.69 bits per heavy atom. The molecular weight excluding hydrogens is 386 g/mol. The lowest BCUT2D eigenvalue weighted by atomic mass is 10.2. The number of benzene rings is 2. The minimum Gasteiger partial charge on any atom is -0.322 e. The Hall–Kier alpha value is -2.01. The summed E-state index contributed by atoms with van der Waals surface area (Å²) in [7, 11) is -1.31. The van der Waals surface area contributed by atoms with E-state index >= 15 is 0 Å². The minimum atomic E-state index is -3.79. The predicted molar refractivity (Wildman–Crippen MR) is 94.7 cm³/mol. The van der Waals surface area contributed by atoms with E-state index in [0.29, 0.717) is 26.8 Å². The summed E-state index contributed by atoms with van der Waals surface area (Å²) in [5.74, 6) is -2.97. The molecule has 0 aliphatic rings. The van der Waals surface area contributed by atoms with Crippen LogP contribution in [0.15, 0.2) is 58.3 Å². The van der Waals surface area contributed by atoms with Gasteiger partial charge in [-0.15, -0.1) is 0 Å². The number of carbonyl (C=O) groups is 1. The van der Waals surface area contributed by atoms with E-state index in [-0.39, 0.29) is 10.5 Å². The first-order valence-corrected chi connectivity index (χ1v) is 9.55. The molecule has 0 saturated heterocycles. The Kier molecular flexibility index (Phi) is 6.70. The molecule has 0 atom stereocenters. The normalized spacial score (nSPS) is 11.8. The lowest BCUT2D eigenvalue weighted by Gasteiger charge is -2.14. The molecular formula is C16H16F2N2O4S2. The van der Waals surface area contributed by atoms with Crippen LogP contribution >= 0.6 is 11.8 Å². The molecule has 0 bridgehead atoms. The van der Waals surface area contributed by atoms with Gasteiger partial charge >= 0.3 is 0 Å². The maximum absolute atomic E-state index is 12.3. The molecule has 0 aliphatic heterocycles. The molecule has 0 heterocycles. The molecule has 140 valence electrons. The number of rotatable bonds is 7. The van der Waals surface area contributed by atoms with Gasteiger partial charge in [-0.25, -0.2) is 8.42 Å². The van der Waals surface area contributed by atoms with Gasteiger partial charge in [0.05, 0.1) is 12.0 Å². The van der Waals surface area contributed by atoms with Gasteiger partial charge in [-0.1, -0.05) is 16.2 Å². The molecule has 6 nitrogen and oxygen atoms in total. The van der Waals surface area contributed by atoms with Crippen molar-refractivity contribution in [3.8, 4) is 0 Å². The molecule has 0 spiro atoms. The molecule has 10 heteroatoms. The predicted octanol–water partition coefficient (Wildman–Crippen LogP) is 3.44. The SMILES string of the molecule is CON(C)S(=O)(=O)c1ccc(C(=O)Nc2ccc(SC(F)F)cc2)cc1. The monoisotopic (exact) mass is 402 g/mol. The van der Waals surface area contributed by atoms with Crippen molar-refractivity contribution in [1.82, 2.24) is 4.47 Å². The third kappa shape index (κ3) is 5.01. The summed E-state index contributed by atoms with van der Waals surface area (Å²) in [6.07, 6.45) is 0. The molecule has 0 saturated carbocycles. The number of thioether (sulfide) groups is 1. The van der Waals surface area contributed by atoms with Gasteiger partial charge in [0.15, 0.2) is 0 Å². The third-order valence-electron chi connectivity index (χ3n) is 3.35. The number of sulfonamides is 1. The number of hydrogen-bond donors (Lipinski definition) is 1. The van der Waals surface area contributed by atoms with Crippen LogP contribution in [0.4, 0.5) is 14.5 Å². The number of nitrogens with zero attached hydrogens (tertiary/aromatic N) is 1. The summed E-state index contributed by atoms with van der Waals surface area (Å²) < 4.78 is 49.4. The van der Waals surface area contributed by atoms with Crippen LogP contribution in [0.25, 0.3) is 0 Å². The van der Waals surface area contributed by atoms with Gasteiger partial charge in [-0.3, -0.25) is 9.63 Å². The van der Waals surface area contributed by atoms with E-state index < -0.39 is 21.7 Å². The standard InChI is InChI=1S/C16H16F2N2O4S2/c1-20(24-2)26(22,23)14-9-3-11(4-10-14)15(21)19-12-5-7-13(8-6-12)25-16(17)18/h3-10,16H,1-2H3,(H,19,21). The maximum Gasteiger partial charge on any atom is 0.288 e. The Bertz CT molecular complexity index is 857. The highest BCUT2D eigenvalue weighted by molar-refractivity contribution is 7.99. The van der Waals surface area contributed by atoms with Crippen molar-refractivity contribution in [2.24, 2.45) is 0 Å². The fourth-order valence-electron chi connectivity index (χ4n) is 1.95. The summed E-state index contributed by atoms with van der Waals surface area (Å²) in [4.78, 5) is 17.2. The number of hydroxylamine groups is 1. The van der Waals surface area contributed by atoms with Crippen LogP contribution < -0.4 is 5.32 Å². The minimum absolute atomic E-state index is 0.0215. The molecule has 0 fully saturated rings. The number of amides is 1. The zero-order valence-electron chi connectivity index (χ0n) is 13.8. The van der Waals surface area contributed by atoms with Crippen molar-refractivity contribution in [1.29, 1.82) is 0 Å². The van der Waals surface area contributed by atoms with E-state index in [1.54, 1.807) is 0 Å². The second-order valence-electron chi connectivity index (χ2n) is 4.98. The van der Waals surface area contributed by atoms with Crippen molar-refractivity contribution in [3.63, 3.8) is 0 Å². The van der Waals surface area contributed by atoms with Gasteiger partial charge in [-0.05, 0) is 48.5 Å². The Balaban J connectivity index is 2.08. The molecule has 1 N–H and O–H groups in total. The lowest BCUT2D eigenvalue weighted by molar-refractivity contribution is -0.0258. The molecule has 2 aromatic rings. The average molecular weight is 402 g/mol. The van der Waals surface area contributed by atoms with E-state index in [9.17, 15) is 22.0 Å². The molecule has 26 heavy (non-hydrogen) atoms. The first-order valence-electron chi connectivity index (χ1n) is 7.23. The summed E-state index contributed by atoms with van der Waals surface area (Å²) in [6, 6.07) is 11.3. The highest BCUT2D eigenvalue weighted by Crippen LogP contribution is 2.26. The maximum atomic E-state index is 12.3. The van der Waals surface area contributed by atoms with Gasteiger partial charge in [-0.2, -0.15) is 8.78 Å². The third-order valence-corrected chi connectivity index (χ3v) is 5.76. The second kappa shape index (κ2) is 8.58. The van der Waals surface area contributed by atoms with Gasteiger partial charge in [0.25, 0.3) is 21.7 Å². The van der Waals surface area contributed by atoms with Crippen molar-refractivity contribution in [3.05, 3.63) is 54.1 Å². The van der Waals surface area contributed by atoms with Gasteiger partial charge < -0.3 is 5.32 Å². The van der Waals surface area contributed by atoms with Crippen LogP contribution in [0.5, 0.6) is 0 Å². The zero-order chi connectivity index (χ0) is 19.3. The molecule has 0 unspecified atom stereocenters. The topological polar surface area (TPSA) is 75.7 Å². The molecule has 0 radical (unpaired) electrons. The van der Waals surface area contributed by atoms with E-state index in [0.717, 1.165) is 0 Å². The first-order chi connectivity index (χ1) is 12.2. The molecule has 0 aromatic heterocycles. The van der Waals surface area contributed by atoms with E-state index in [1.807, 2.05) is 0 Å². The number of hydrogen-bond acceptors (Lipinski definition) is 5. The number of carbonyl (C=O) groups excluding carboxylic acids is 1. The largest absolute Gasteiger partial charge is 0.322 e. The van der Waals surface area contributed by atoms with E-state index in [4.69, 9.17) is 0 Å². The van der Waals surface area contributed by atoms with Crippen LogP contribution in [-0.4, -0.2) is 38.7 Å². The van der Waals surface area contributed by atoms with Gasteiger partial charge in [0.2, 0.25) is 0 Å². The van der Waals surface area contributed by atoms with Crippen LogP contribution in [0.2, 0.25) is 0 Å². The second-order valence-corrected chi connectivity index (χ2v) is 7.98. The Morgan fingerprint density at radius 3 is 2.19 bits per heavy atom. The smallest absolute Gasteiger partial charge is 0.288 e. The van der Waals surface area contributed by atoms with E-state index in [1.165, 1.54) is 62.7 Å². The van der Waals surface area contributed by atoms with Crippen molar-refractivity contribution in [2.45, 2.75) is 15.5 Å². The Morgan fingerprint density at radius 1 is 1.12 bits per heavy atom. The number of alkyl halides is 2. The first kappa shape index (κ1) is 20.3. The van der Waals surface area contributed by atoms with Crippen LogP contribution in [0, 0.1) is 0 Å². The lowest BCUT2D eigenvalue weighted by Crippen LogP contribution is -2.25. The molecule has 1 amide bonds. The zero-order valence-corrected chi connectivity index (χ0v) is 15.5. The number of nitrogens with one attached hydrogen (secondary N) is 1. The number of anilines is 1. The quantitative estimate of drug-likeness (QED) is 0.567. The van der Waals surface area contributed by atoms with Crippen LogP contribution in [-0.2, 0) is 14.9 Å². The van der Waals surface area contributed by atoms with Gasteiger partial charge in [0.1, 0.15) is 0 Å². The summed E-state index contributed by atoms with van der Waals surface area (Å²) in [5, 5.41) is 2.61. The fraction of sp³-hybridized carbons (Fsp3) is 0.188. The van der Waals surface area contributed by atoms with Crippen LogP contribution in [0.1, 0.15) is 10.4 Å². The average Bonchev–Trinajstić information content (AvgIpc) is 2.62. The summed E-state index contributed by atoms with van der Waals surface area (Å²) >= 11 is 0.413. The molecule has 2 rings (SSSR count). The van der Waals surface area contributed by atoms with Crippen LogP contribution in [0.3, 0.4) is 0 Å². The summed E-state index contributed by atoms with van der Waals surface area (Å²) in [6.45, 7) is 0. The Labute approximate surface area is 154 Å². The highest BCUT2D eigenvalue weighted by atomic mass is 32.2. The summed E-state index contributed by atoms with van der Waals surface area (Å²) in [5.41, 5.74) is 0.680. The van der Waals surface area contributed by atoms with Crippen molar-refractivity contribution in [2.75, 3.05) is 19.5 Å². The van der Waals surface area contributed by atoms with E-state index in [2.05, 4.69) is 10.2 Å². The van der Waals surface area contributed by atoms with Crippen molar-refractivity contribution >= 4 is 33.4 Å². The molecule has 2 aromatic carbocycles. The number of halogens is 2. The fourth-order valence-corrected chi connectivity index (χ4v) is 3.42. The van der Waals surface area contributed by atoms with Gasteiger partial charge in [0, 0.05) is 23.2 Å². The highest BCUT2D eigenvalue weighted by Gasteiger charge is 2.21. The molecule has 0 aliphatic carbocycles. The van der Waals surface area contributed by atoms with Crippen molar-refractivity contribution < 1.29 is 26.8 Å².